The minimum atomic E-state index is -0.693. The molecular weight excluding hydrogens is 270 g/mol. The van der Waals surface area contributed by atoms with Gasteiger partial charge in [0.2, 0.25) is 0 Å². The average molecular weight is 283 g/mol. The molecule has 6 heteroatoms. The number of aliphatic imine (C=N–C) groups is 1. The normalized spacial score (nSPS) is 20.5. The van der Waals surface area contributed by atoms with Gasteiger partial charge in [-0.25, -0.2) is 9.51 Å². The summed E-state index contributed by atoms with van der Waals surface area (Å²) in [5.41, 5.74) is 1.44. The number of fused-ring (bicyclic) bond motifs is 1. The molecule has 1 atom stereocenters. The summed E-state index contributed by atoms with van der Waals surface area (Å²) in [6, 6.07) is 5.52. The van der Waals surface area contributed by atoms with Crippen LogP contribution in [0.5, 0.6) is 5.88 Å². The second-order valence-corrected chi connectivity index (χ2v) is 4.71. The number of rotatable bonds is 2. The van der Waals surface area contributed by atoms with Crippen LogP contribution >= 0.6 is 0 Å². The highest BCUT2D eigenvalue weighted by molar-refractivity contribution is 6.50. The first-order valence-electron chi connectivity index (χ1n) is 6.48. The lowest BCUT2D eigenvalue weighted by molar-refractivity contribution is -0.126. The van der Waals surface area contributed by atoms with Crippen LogP contribution in [0.4, 0.5) is 5.69 Å². The van der Waals surface area contributed by atoms with E-state index in [1.54, 1.807) is 17.6 Å². The van der Waals surface area contributed by atoms with Crippen LogP contribution in [-0.2, 0) is 9.59 Å². The molecule has 0 saturated heterocycles. The highest BCUT2D eigenvalue weighted by Gasteiger charge is 2.27. The van der Waals surface area contributed by atoms with Gasteiger partial charge in [0.25, 0.3) is 5.88 Å². The lowest BCUT2D eigenvalue weighted by atomic mass is 9.92. The lowest BCUT2D eigenvalue weighted by Crippen LogP contribution is -2.29. The van der Waals surface area contributed by atoms with E-state index in [9.17, 15) is 9.59 Å². The van der Waals surface area contributed by atoms with Crippen molar-refractivity contribution in [3.63, 3.8) is 0 Å². The van der Waals surface area contributed by atoms with Gasteiger partial charge < -0.3 is 4.74 Å². The van der Waals surface area contributed by atoms with Crippen LogP contribution in [0.1, 0.15) is 6.92 Å². The van der Waals surface area contributed by atoms with Crippen molar-refractivity contribution in [2.45, 2.75) is 6.92 Å². The monoisotopic (exact) mass is 283 g/mol. The predicted molar refractivity (Wildman–Crippen MR) is 77.2 cm³/mol. The maximum atomic E-state index is 12.1. The summed E-state index contributed by atoms with van der Waals surface area (Å²) in [6.07, 6.45) is 4.59. The first-order chi connectivity index (χ1) is 10.1. The molecule has 0 fully saturated rings. The van der Waals surface area contributed by atoms with Gasteiger partial charge in [-0.2, -0.15) is 0 Å². The zero-order chi connectivity index (χ0) is 15.0. The molecular formula is C15H13N3O3. The SMILES string of the molecule is COc1nn2ccccc2c1N=C1C=CC(=O)C(C)C1=O. The number of nitrogens with zero attached hydrogens (tertiary/aromatic N) is 3. The van der Waals surface area contributed by atoms with E-state index in [1.807, 2.05) is 18.2 Å². The number of methoxy groups -OCH3 is 1. The number of carbonyl (C=O) groups excluding carboxylic acids is 2. The molecule has 1 aliphatic carbocycles. The third kappa shape index (κ3) is 2.14. The van der Waals surface area contributed by atoms with Crippen LogP contribution in [0, 0.1) is 5.92 Å². The van der Waals surface area contributed by atoms with Crippen molar-refractivity contribution in [3.8, 4) is 5.88 Å². The van der Waals surface area contributed by atoms with Crippen molar-refractivity contribution >= 4 is 28.5 Å². The summed E-state index contributed by atoms with van der Waals surface area (Å²) in [5, 5.41) is 4.24. The molecule has 0 bridgehead atoms. The number of hydrogen-bond acceptors (Lipinski definition) is 5. The molecule has 0 spiro atoms. The van der Waals surface area contributed by atoms with E-state index in [4.69, 9.17) is 4.74 Å². The quantitative estimate of drug-likeness (QED) is 0.787. The Morgan fingerprint density at radius 1 is 1.29 bits per heavy atom. The first kappa shape index (κ1) is 13.2. The Labute approximate surface area is 120 Å². The fourth-order valence-corrected chi connectivity index (χ4v) is 2.16. The highest BCUT2D eigenvalue weighted by Crippen LogP contribution is 2.32. The Morgan fingerprint density at radius 2 is 2.10 bits per heavy atom. The number of pyridine rings is 1. The minimum absolute atomic E-state index is 0.203. The Hall–Kier alpha value is -2.76. The van der Waals surface area contributed by atoms with E-state index in [2.05, 4.69) is 10.1 Å². The standard InChI is InChI=1S/C15H13N3O3/c1-9-12(19)7-6-10(14(9)20)16-13-11-5-3-4-8-18(11)17-15(13)21-2/h3-9H,1-2H3. The van der Waals surface area contributed by atoms with Crippen LogP contribution in [0.15, 0.2) is 41.5 Å². The van der Waals surface area contributed by atoms with Crippen molar-refractivity contribution in [1.29, 1.82) is 0 Å². The number of hydrogen-bond donors (Lipinski definition) is 0. The van der Waals surface area contributed by atoms with Gasteiger partial charge in [0, 0.05) is 6.20 Å². The van der Waals surface area contributed by atoms with Gasteiger partial charge in [-0.1, -0.05) is 6.07 Å². The molecule has 6 nitrogen and oxygen atoms in total. The number of carbonyl (C=O) groups is 2. The summed E-state index contributed by atoms with van der Waals surface area (Å²) in [7, 11) is 1.50. The third-order valence-corrected chi connectivity index (χ3v) is 3.39. The van der Waals surface area contributed by atoms with E-state index >= 15 is 0 Å². The van der Waals surface area contributed by atoms with Crippen molar-refractivity contribution in [3.05, 3.63) is 36.5 Å². The van der Waals surface area contributed by atoms with Crippen LogP contribution in [0.2, 0.25) is 0 Å². The molecule has 21 heavy (non-hydrogen) atoms. The summed E-state index contributed by atoms with van der Waals surface area (Å²) in [5.74, 6) is -0.855. The van der Waals surface area contributed by atoms with Gasteiger partial charge in [0.15, 0.2) is 17.3 Å². The number of ketones is 2. The molecule has 1 aliphatic rings. The van der Waals surface area contributed by atoms with Crippen molar-refractivity contribution in [1.82, 2.24) is 9.61 Å². The van der Waals surface area contributed by atoms with Gasteiger partial charge in [-0.15, -0.1) is 5.10 Å². The Bertz CT molecular complexity index is 802. The molecule has 1 unspecified atom stereocenters. The van der Waals surface area contributed by atoms with Gasteiger partial charge in [-0.05, 0) is 31.2 Å². The topological polar surface area (TPSA) is 73.0 Å². The molecule has 0 radical (unpaired) electrons. The van der Waals surface area contributed by atoms with Crippen LogP contribution in [-0.4, -0.2) is 34.0 Å². The smallest absolute Gasteiger partial charge is 0.259 e. The van der Waals surface area contributed by atoms with Gasteiger partial charge >= 0.3 is 0 Å². The zero-order valence-corrected chi connectivity index (χ0v) is 11.6. The molecule has 0 aromatic carbocycles. The number of Topliss-reactive ketones (excluding diaryl/α,β-unsaturated/α-hetero) is 1. The van der Waals surface area contributed by atoms with Gasteiger partial charge in [0.05, 0.1) is 18.5 Å². The molecule has 0 N–H and O–H groups in total. The predicted octanol–water partition coefficient (Wildman–Crippen LogP) is 1.76. The molecule has 2 heterocycles. The van der Waals surface area contributed by atoms with Crippen LogP contribution in [0.25, 0.3) is 5.52 Å². The highest BCUT2D eigenvalue weighted by atomic mass is 16.5. The fraction of sp³-hybridized carbons (Fsp3) is 0.200. The molecule has 0 saturated carbocycles. The number of allylic oxidation sites excluding steroid dienone is 2. The maximum absolute atomic E-state index is 12.1. The molecule has 2 aromatic rings. The fourth-order valence-electron chi connectivity index (χ4n) is 2.16. The Kier molecular flexibility index (Phi) is 3.13. The first-order valence-corrected chi connectivity index (χ1v) is 6.48. The summed E-state index contributed by atoms with van der Waals surface area (Å²) >= 11 is 0. The summed E-state index contributed by atoms with van der Waals surface area (Å²) in [4.78, 5) is 28.0. The number of aromatic nitrogens is 2. The van der Waals surface area contributed by atoms with Crippen molar-refractivity contribution in [2.24, 2.45) is 10.9 Å². The maximum Gasteiger partial charge on any atom is 0.259 e. The average Bonchev–Trinajstić information content (AvgIpc) is 2.86. The Morgan fingerprint density at radius 3 is 2.86 bits per heavy atom. The Balaban J connectivity index is 2.17. The molecule has 0 amide bonds. The lowest BCUT2D eigenvalue weighted by Gasteiger charge is -2.11. The van der Waals surface area contributed by atoms with Gasteiger partial charge in [0.1, 0.15) is 5.71 Å². The van der Waals surface area contributed by atoms with E-state index in [0.29, 0.717) is 11.6 Å². The second kappa shape index (κ2) is 4.97. The summed E-state index contributed by atoms with van der Waals surface area (Å²) < 4.78 is 6.84. The van der Waals surface area contributed by atoms with Gasteiger partial charge in [-0.3, -0.25) is 9.59 Å². The molecule has 2 aromatic heterocycles. The van der Waals surface area contributed by atoms with Crippen molar-refractivity contribution < 1.29 is 14.3 Å². The molecule has 3 rings (SSSR count). The van der Waals surface area contributed by atoms with E-state index in [0.717, 1.165) is 5.52 Å². The minimum Gasteiger partial charge on any atom is -0.478 e. The summed E-state index contributed by atoms with van der Waals surface area (Å²) in [6.45, 7) is 1.58. The van der Waals surface area contributed by atoms with E-state index in [-0.39, 0.29) is 17.3 Å². The molecule has 0 aliphatic heterocycles. The van der Waals surface area contributed by atoms with Crippen LogP contribution in [0.3, 0.4) is 0 Å². The van der Waals surface area contributed by atoms with Crippen molar-refractivity contribution in [2.75, 3.05) is 7.11 Å². The molecule has 106 valence electrons. The second-order valence-electron chi connectivity index (χ2n) is 4.71. The zero-order valence-electron chi connectivity index (χ0n) is 11.6. The van der Waals surface area contributed by atoms with E-state index < -0.39 is 5.92 Å². The number of ether oxygens (including phenoxy) is 1. The third-order valence-electron chi connectivity index (χ3n) is 3.39. The largest absolute Gasteiger partial charge is 0.478 e. The van der Waals surface area contributed by atoms with E-state index in [1.165, 1.54) is 19.3 Å². The van der Waals surface area contributed by atoms with Crippen LogP contribution < -0.4 is 4.74 Å².